The van der Waals surface area contributed by atoms with Crippen LogP contribution in [0.15, 0.2) is 12.2 Å². The molecule has 0 rings (SSSR count). The summed E-state index contributed by atoms with van der Waals surface area (Å²) in [6, 6.07) is 0. The molecule has 0 aliphatic carbocycles. The van der Waals surface area contributed by atoms with E-state index in [1.807, 2.05) is 13.8 Å². The zero-order valence-corrected chi connectivity index (χ0v) is 7.56. The molecule has 0 saturated carbocycles. The highest BCUT2D eigenvalue weighted by Crippen LogP contribution is 1.92. The van der Waals surface area contributed by atoms with Crippen LogP contribution in [0.2, 0.25) is 0 Å². The summed E-state index contributed by atoms with van der Waals surface area (Å²) < 4.78 is 0. The van der Waals surface area contributed by atoms with Crippen LogP contribution in [0.3, 0.4) is 0 Å². The Morgan fingerprint density at radius 3 is 2.73 bits per heavy atom. The summed E-state index contributed by atoms with van der Waals surface area (Å²) in [7, 11) is 0. The number of aliphatic hydroxyl groups excluding tert-OH is 1. The van der Waals surface area contributed by atoms with Crippen LogP contribution < -0.4 is 5.32 Å². The van der Waals surface area contributed by atoms with Crippen molar-refractivity contribution in [2.45, 2.75) is 32.8 Å². The van der Waals surface area contributed by atoms with Crippen LogP contribution in [-0.4, -0.2) is 24.3 Å². The molecule has 0 saturated heterocycles. The Kier molecular flexibility index (Phi) is 6.18. The Bertz CT molecular complexity index is 112. The van der Waals surface area contributed by atoms with E-state index in [9.17, 15) is 0 Å². The first-order valence-corrected chi connectivity index (χ1v) is 4.20. The van der Waals surface area contributed by atoms with Crippen LogP contribution >= 0.6 is 0 Å². The van der Waals surface area contributed by atoms with Crippen LogP contribution in [0.4, 0.5) is 0 Å². The standard InChI is InChI=1S/C9H19NO/c1-4-9(11)7-10-6-5-8(2)3/h9-11H,2,4-7H2,1,3H3. The largest absolute Gasteiger partial charge is 0.392 e. The van der Waals surface area contributed by atoms with Crippen LogP contribution in [-0.2, 0) is 0 Å². The van der Waals surface area contributed by atoms with Crippen molar-refractivity contribution >= 4 is 0 Å². The number of rotatable bonds is 6. The summed E-state index contributed by atoms with van der Waals surface area (Å²) in [6.45, 7) is 9.40. The van der Waals surface area contributed by atoms with E-state index in [1.165, 1.54) is 5.57 Å². The third kappa shape index (κ3) is 7.56. The molecule has 66 valence electrons. The van der Waals surface area contributed by atoms with E-state index >= 15 is 0 Å². The van der Waals surface area contributed by atoms with Crippen molar-refractivity contribution in [3.63, 3.8) is 0 Å². The fraction of sp³-hybridized carbons (Fsp3) is 0.778. The fourth-order valence-electron chi connectivity index (χ4n) is 0.715. The highest BCUT2D eigenvalue weighted by molar-refractivity contribution is 4.88. The van der Waals surface area contributed by atoms with Crippen LogP contribution in [0.25, 0.3) is 0 Å². The van der Waals surface area contributed by atoms with E-state index in [-0.39, 0.29) is 6.10 Å². The highest BCUT2D eigenvalue weighted by Gasteiger charge is 1.97. The Morgan fingerprint density at radius 2 is 2.27 bits per heavy atom. The third-order valence-electron chi connectivity index (χ3n) is 1.58. The van der Waals surface area contributed by atoms with Gasteiger partial charge in [-0.05, 0) is 26.3 Å². The van der Waals surface area contributed by atoms with Gasteiger partial charge in [-0.25, -0.2) is 0 Å². The van der Waals surface area contributed by atoms with Gasteiger partial charge in [0.15, 0.2) is 0 Å². The van der Waals surface area contributed by atoms with E-state index in [0.29, 0.717) is 6.54 Å². The number of hydrogen-bond acceptors (Lipinski definition) is 2. The SMILES string of the molecule is C=C(C)CCNCC(O)CC. The molecule has 0 amide bonds. The minimum atomic E-state index is -0.194. The van der Waals surface area contributed by atoms with Gasteiger partial charge in [0, 0.05) is 6.54 Å². The molecule has 0 spiro atoms. The molecule has 0 aliphatic rings. The van der Waals surface area contributed by atoms with Crippen molar-refractivity contribution in [3.8, 4) is 0 Å². The van der Waals surface area contributed by atoms with Gasteiger partial charge in [0.2, 0.25) is 0 Å². The van der Waals surface area contributed by atoms with Gasteiger partial charge in [0.1, 0.15) is 0 Å². The normalized spacial score (nSPS) is 13.0. The van der Waals surface area contributed by atoms with Crippen molar-refractivity contribution in [2.75, 3.05) is 13.1 Å². The number of aliphatic hydroxyl groups is 1. The second-order valence-electron chi connectivity index (χ2n) is 2.97. The second kappa shape index (κ2) is 6.38. The topological polar surface area (TPSA) is 32.3 Å². The van der Waals surface area contributed by atoms with Gasteiger partial charge < -0.3 is 10.4 Å². The Balaban J connectivity index is 3.08. The molecule has 0 fully saturated rings. The minimum Gasteiger partial charge on any atom is -0.392 e. The molecular weight excluding hydrogens is 138 g/mol. The van der Waals surface area contributed by atoms with Gasteiger partial charge in [-0.1, -0.05) is 12.5 Å². The molecule has 1 unspecified atom stereocenters. The molecule has 2 heteroatoms. The number of hydrogen-bond donors (Lipinski definition) is 2. The van der Waals surface area contributed by atoms with E-state index in [1.54, 1.807) is 0 Å². The van der Waals surface area contributed by atoms with Crippen molar-refractivity contribution in [3.05, 3.63) is 12.2 Å². The molecule has 2 nitrogen and oxygen atoms in total. The zero-order chi connectivity index (χ0) is 8.69. The van der Waals surface area contributed by atoms with E-state index < -0.39 is 0 Å². The second-order valence-corrected chi connectivity index (χ2v) is 2.97. The van der Waals surface area contributed by atoms with Gasteiger partial charge >= 0.3 is 0 Å². The first-order valence-electron chi connectivity index (χ1n) is 4.20. The minimum absolute atomic E-state index is 0.194. The summed E-state index contributed by atoms with van der Waals surface area (Å²) >= 11 is 0. The van der Waals surface area contributed by atoms with Crippen LogP contribution in [0.5, 0.6) is 0 Å². The fourth-order valence-corrected chi connectivity index (χ4v) is 0.715. The van der Waals surface area contributed by atoms with Crippen molar-refractivity contribution in [1.29, 1.82) is 0 Å². The first kappa shape index (κ1) is 10.7. The smallest absolute Gasteiger partial charge is 0.0662 e. The number of nitrogens with one attached hydrogen (secondary N) is 1. The molecule has 0 aliphatic heterocycles. The molecule has 2 N–H and O–H groups in total. The first-order chi connectivity index (χ1) is 5.16. The van der Waals surface area contributed by atoms with E-state index in [2.05, 4.69) is 11.9 Å². The summed E-state index contributed by atoms with van der Waals surface area (Å²) in [6.07, 6.45) is 1.62. The van der Waals surface area contributed by atoms with Gasteiger partial charge in [-0.3, -0.25) is 0 Å². The van der Waals surface area contributed by atoms with E-state index in [0.717, 1.165) is 19.4 Å². The van der Waals surface area contributed by atoms with E-state index in [4.69, 9.17) is 5.11 Å². The molecular formula is C9H19NO. The summed E-state index contributed by atoms with van der Waals surface area (Å²) in [5.41, 5.74) is 1.18. The highest BCUT2D eigenvalue weighted by atomic mass is 16.3. The van der Waals surface area contributed by atoms with Crippen LogP contribution in [0.1, 0.15) is 26.7 Å². The summed E-state index contributed by atoms with van der Waals surface area (Å²) in [4.78, 5) is 0. The predicted molar refractivity (Wildman–Crippen MR) is 48.6 cm³/mol. The lowest BCUT2D eigenvalue weighted by Crippen LogP contribution is -2.26. The Labute approximate surface area is 69.3 Å². The molecule has 0 aromatic rings. The maximum atomic E-state index is 9.14. The average Bonchev–Trinajstić information content (AvgIpc) is 1.97. The zero-order valence-electron chi connectivity index (χ0n) is 7.56. The molecule has 0 aromatic carbocycles. The lowest BCUT2D eigenvalue weighted by atomic mass is 10.2. The Hall–Kier alpha value is -0.340. The molecule has 0 heterocycles. The summed E-state index contributed by atoms with van der Waals surface area (Å²) in [5.74, 6) is 0. The van der Waals surface area contributed by atoms with Gasteiger partial charge in [0.25, 0.3) is 0 Å². The maximum absolute atomic E-state index is 9.14. The lowest BCUT2D eigenvalue weighted by molar-refractivity contribution is 0.168. The maximum Gasteiger partial charge on any atom is 0.0662 e. The van der Waals surface area contributed by atoms with Crippen molar-refractivity contribution in [2.24, 2.45) is 0 Å². The van der Waals surface area contributed by atoms with Crippen LogP contribution in [0, 0.1) is 0 Å². The van der Waals surface area contributed by atoms with Gasteiger partial charge in [0.05, 0.1) is 6.10 Å². The Morgan fingerprint density at radius 1 is 1.64 bits per heavy atom. The quantitative estimate of drug-likeness (QED) is 0.450. The van der Waals surface area contributed by atoms with Crippen molar-refractivity contribution < 1.29 is 5.11 Å². The molecule has 11 heavy (non-hydrogen) atoms. The molecule has 1 atom stereocenters. The van der Waals surface area contributed by atoms with Gasteiger partial charge in [-0.2, -0.15) is 0 Å². The average molecular weight is 157 g/mol. The lowest BCUT2D eigenvalue weighted by Gasteiger charge is -2.08. The van der Waals surface area contributed by atoms with Gasteiger partial charge in [-0.15, -0.1) is 6.58 Å². The monoisotopic (exact) mass is 157 g/mol. The predicted octanol–water partition coefficient (Wildman–Crippen LogP) is 1.31. The molecule has 0 aromatic heterocycles. The summed E-state index contributed by atoms with van der Waals surface area (Å²) in [5, 5.41) is 12.3. The van der Waals surface area contributed by atoms with Crippen molar-refractivity contribution in [1.82, 2.24) is 5.32 Å². The third-order valence-corrected chi connectivity index (χ3v) is 1.58. The molecule has 0 bridgehead atoms. The molecule has 0 radical (unpaired) electrons.